The number of carbonyl (C=O) groups is 1. The van der Waals surface area contributed by atoms with E-state index in [9.17, 15) is 14.9 Å². The molecule has 2 aromatic carbocycles. The first kappa shape index (κ1) is 18.0. The number of hydrogen-bond acceptors (Lipinski definition) is 5. The predicted octanol–water partition coefficient (Wildman–Crippen LogP) is 3.35. The molecule has 0 saturated carbocycles. The molecule has 0 aliphatic carbocycles. The Labute approximate surface area is 161 Å². The van der Waals surface area contributed by atoms with Crippen molar-refractivity contribution in [2.24, 2.45) is 0 Å². The van der Waals surface area contributed by atoms with E-state index in [0.717, 1.165) is 42.8 Å². The van der Waals surface area contributed by atoms with Crippen molar-refractivity contribution in [1.29, 1.82) is 0 Å². The third-order valence-electron chi connectivity index (χ3n) is 5.04. The van der Waals surface area contributed by atoms with Gasteiger partial charge < -0.3 is 15.5 Å². The lowest BCUT2D eigenvalue weighted by atomic mass is 10.2. The molecule has 0 spiro atoms. The molecule has 144 valence electrons. The van der Waals surface area contributed by atoms with Gasteiger partial charge in [-0.3, -0.25) is 14.7 Å². The van der Waals surface area contributed by atoms with Crippen LogP contribution in [0, 0.1) is 17.0 Å². The number of nitro benzene ring substituents is 1. The van der Waals surface area contributed by atoms with E-state index in [0.29, 0.717) is 11.3 Å². The smallest absolute Gasteiger partial charge is 0.330 e. The molecule has 0 atom stereocenters. The molecule has 1 aliphatic heterocycles. The highest BCUT2D eigenvalue weighted by atomic mass is 16.6. The third kappa shape index (κ3) is 3.29. The second-order valence-electron chi connectivity index (χ2n) is 6.82. The molecule has 2 heterocycles. The molecule has 28 heavy (non-hydrogen) atoms. The molecule has 1 fully saturated rings. The number of piperazine rings is 1. The molecule has 1 amide bonds. The first-order valence-electron chi connectivity index (χ1n) is 9.17. The normalized spacial score (nSPS) is 14.2. The van der Waals surface area contributed by atoms with Crippen LogP contribution in [-0.4, -0.2) is 41.7 Å². The summed E-state index contributed by atoms with van der Waals surface area (Å²) in [6, 6.07) is 12.2. The number of benzene rings is 2. The quantitative estimate of drug-likeness (QED) is 0.538. The number of rotatable bonds is 3. The molecule has 1 aliphatic rings. The summed E-state index contributed by atoms with van der Waals surface area (Å²) >= 11 is 0. The molecule has 8 heteroatoms. The van der Waals surface area contributed by atoms with Gasteiger partial charge in [0.05, 0.1) is 10.4 Å². The van der Waals surface area contributed by atoms with E-state index in [4.69, 9.17) is 0 Å². The topological polar surface area (TPSA) is 92.4 Å². The second kappa shape index (κ2) is 7.32. The monoisotopic (exact) mass is 379 g/mol. The van der Waals surface area contributed by atoms with Crippen molar-refractivity contribution in [3.8, 4) is 0 Å². The Bertz CT molecular complexity index is 1050. The van der Waals surface area contributed by atoms with Gasteiger partial charge in [-0.05, 0) is 31.2 Å². The van der Waals surface area contributed by atoms with Crippen LogP contribution in [0.3, 0.4) is 0 Å². The van der Waals surface area contributed by atoms with Crippen LogP contribution in [0.4, 0.5) is 21.9 Å². The van der Waals surface area contributed by atoms with Crippen LogP contribution in [-0.2, 0) is 0 Å². The van der Waals surface area contributed by atoms with Gasteiger partial charge >= 0.3 is 6.03 Å². The van der Waals surface area contributed by atoms with Gasteiger partial charge in [-0.1, -0.05) is 12.1 Å². The molecular formula is C20H21N5O3. The number of carbonyl (C=O) groups excluding carboxylic acids is 1. The van der Waals surface area contributed by atoms with Gasteiger partial charge in [-0.15, -0.1) is 0 Å². The van der Waals surface area contributed by atoms with Gasteiger partial charge in [-0.2, -0.15) is 0 Å². The maximum Gasteiger partial charge on any atom is 0.330 e. The summed E-state index contributed by atoms with van der Waals surface area (Å²) < 4.78 is 1.53. The molecule has 4 rings (SSSR count). The summed E-state index contributed by atoms with van der Waals surface area (Å²) in [5.41, 5.74) is 2.83. The van der Waals surface area contributed by atoms with Crippen molar-refractivity contribution >= 4 is 34.0 Å². The van der Waals surface area contributed by atoms with Crippen molar-refractivity contribution in [2.75, 3.05) is 36.4 Å². The Morgan fingerprint density at radius 1 is 1.18 bits per heavy atom. The fraction of sp³-hybridized carbons (Fsp3) is 0.250. The zero-order valence-corrected chi connectivity index (χ0v) is 15.5. The van der Waals surface area contributed by atoms with Gasteiger partial charge in [0.15, 0.2) is 0 Å². The lowest BCUT2D eigenvalue weighted by Crippen LogP contribution is -2.43. The number of nitro groups is 1. The second-order valence-corrected chi connectivity index (χ2v) is 6.82. The minimum atomic E-state index is -0.449. The van der Waals surface area contributed by atoms with E-state index < -0.39 is 4.92 Å². The Kier molecular flexibility index (Phi) is 4.70. The zero-order valence-electron chi connectivity index (χ0n) is 15.5. The Morgan fingerprint density at radius 2 is 1.96 bits per heavy atom. The van der Waals surface area contributed by atoms with E-state index in [1.54, 1.807) is 25.3 Å². The van der Waals surface area contributed by atoms with Crippen LogP contribution in [0.5, 0.6) is 0 Å². The van der Waals surface area contributed by atoms with E-state index in [2.05, 4.69) is 21.6 Å². The Hall–Kier alpha value is -3.39. The van der Waals surface area contributed by atoms with Crippen LogP contribution < -0.4 is 15.5 Å². The van der Waals surface area contributed by atoms with Crippen molar-refractivity contribution in [3.63, 3.8) is 0 Å². The van der Waals surface area contributed by atoms with Crippen molar-refractivity contribution in [3.05, 3.63) is 64.3 Å². The maximum absolute atomic E-state index is 12.8. The highest BCUT2D eigenvalue weighted by molar-refractivity contribution is 6.02. The molecule has 0 radical (unpaired) electrons. The third-order valence-corrected chi connectivity index (χ3v) is 5.04. The number of amides is 1. The number of nitrogens with zero attached hydrogens (tertiary/aromatic N) is 3. The van der Waals surface area contributed by atoms with E-state index >= 15 is 0 Å². The zero-order chi connectivity index (χ0) is 19.7. The van der Waals surface area contributed by atoms with Gasteiger partial charge in [0, 0.05) is 60.8 Å². The highest BCUT2D eigenvalue weighted by Gasteiger charge is 2.17. The van der Waals surface area contributed by atoms with Crippen LogP contribution in [0.1, 0.15) is 5.56 Å². The molecule has 1 saturated heterocycles. The number of aryl methyl sites for hydroxylation is 1. The van der Waals surface area contributed by atoms with Crippen LogP contribution >= 0.6 is 0 Å². The SMILES string of the molecule is Cc1ccc(NC(=O)n2ccc3c(N4CCNCC4)cccc32)cc1[N+](=O)[O-]. The minimum absolute atomic E-state index is 0.0174. The van der Waals surface area contributed by atoms with Crippen LogP contribution in [0.2, 0.25) is 0 Å². The predicted molar refractivity (Wildman–Crippen MR) is 109 cm³/mol. The van der Waals surface area contributed by atoms with E-state index in [1.165, 1.54) is 10.6 Å². The van der Waals surface area contributed by atoms with Gasteiger partial charge in [-0.25, -0.2) is 4.79 Å². The standard InChI is InChI=1S/C20H21N5O3/c1-14-5-6-15(13-19(14)25(27)28)22-20(26)24-10-7-16-17(3-2-4-18(16)24)23-11-8-21-9-12-23/h2-7,10,13,21H,8-9,11-12H2,1H3,(H,22,26). The summed E-state index contributed by atoms with van der Waals surface area (Å²) in [6.45, 7) is 5.38. The average molecular weight is 379 g/mol. The van der Waals surface area contributed by atoms with Crippen molar-refractivity contribution < 1.29 is 9.72 Å². The van der Waals surface area contributed by atoms with E-state index in [-0.39, 0.29) is 11.7 Å². The molecule has 8 nitrogen and oxygen atoms in total. The first-order chi connectivity index (χ1) is 13.5. The molecule has 0 bridgehead atoms. The van der Waals surface area contributed by atoms with Crippen molar-refractivity contribution in [1.82, 2.24) is 9.88 Å². The molecule has 3 aromatic rings. The average Bonchev–Trinajstić information content (AvgIpc) is 3.14. The maximum atomic E-state index is 12.8. The molecule has 0 unspecified atom stereocenters. The lowest BCUT2D eigenvalue weighted by Gasteiger charge is -2.30. The van der Waals surface area contributed by atoms with Crippen molar-refractivity contribution in [2.45, 2.75) is 6.92 Å². The number of fused-ring (bicyclic) bond motifs is 1. The molecular weight excluding hydrogens is 358 g/mol. The van der Waals surface area contributed by atoms with Gasteiger partial charge in [0.25, 0.3) is 5.69 Å². The Balaban J connectivity index is 1.63. The summed E-state index contributed by atoms with van der Waals surface area (Å²) in [7, 11) is 0. The first-order valence-corrected chi connectivity index (χ1v) is 9.17. The Morgan fingerprint density at radius 3 is 2.71 bits per heavy atom. The minimum Gasteiger partial charge on any atom is -0.368 e. The van der Waals surface area contributed by atoms with Crippen LogP contribution in [0.25, 0.3) is 10.9 Å². The number of nitrogens with one attached hydrogen (secondary N) is 2. The summed E-state index contributed by atoms with van der Waals surface area (Å²) in [6.07, 6.45) is 1.73. The summed E-state index contributed by atoms with van der Waals surface area (Å²) in [5, 5.41) is 18.2. The summed E-state index contributed by atoms with van der Waals surface area (Å²) in [5.74, 6) is 0. The lowest BCUT2D eigenvalue weighted by molar-refractivity contribution is -0.385. The molecule has 2 N–H and O–H groups in total. The fourth-order valence-corrected chi connectivity index (χ4v) is 3.58. The fourth-order valence-electron chi connectivity index (χ4n) is 3.58. The van der Waals surface area contributed by atoms with Gasteiger partial charge in [0.2, 0.25) is 0 Å². The number of aromatic nitrogens is 1. The largest absolute Gasteiger partial charge is 0.368 e. The number of hydrogen-bond donors (Lipinski definition) is 2. The highest BCUT2D eigenvalue weighted by Crippen LogP contribution is 2.29. The van der Waals surface area contributed by atoms with E-state index in [1.807, 2.05) is 18.2 Å². The number of anilines is 2. The van der Waals surface area contributed by atoms with Crippen LogP contribution in [0.15, 0.2) is 48.7 Å². The summed E-state index contributed by atoms with van der Waals surface area (Å²) in [4.78, 5) is 25.8. The van der Waals surface area contributed by atoms with Gasteiger partial charge in [0.1, 0.15) is 0 Å². The molecule has 1 aromatic heterocycles.